The van der Waals surface area contributed by atoms with Crippen LogP contribution in [-0.4, -0.2) is 16.1 Å². The average molecular weight is 126 g/mol. The minimum absolute atomic E-state index is 0.171. The summed E-state index contributed by atoms with van der Waals surface area (Å²) in [6, 6.07) is 1.41. The lowest BCUT2D eigenvalue weighted by atomic mass is 10.4. The smallest absolute Gasteiger partial charge is 0.258 e. The molecule has 0 unspecified atom stereocenters. The molecule has 0 fully saturated rings. The summed E-state index contributed by atoms with van der Waals surface area (Å²) in [5.41, 5.74) is 1.38. The van der Waals surface area contributed by atoms with Crippen molar-refractivity contribution in [3.63, 3.8) is 0 Å². The molecule has 1 heterocycles. The molecule has 1 rings (SSSR count). The van der Waals surface area contributed by atoms with Gasteiger partial charge in [0.05, 0.1) is 0 Å². The van der Waals surface area contributed by atoms with E-state index in [1.165, 1.54) is 17.7 Å². The zero-order valence-corrected chi connectivity index (χ0v) is 4.42. The Morgan fingerprint density at radius 1 is 1.89 bits per heavy atom. The number of rotatable bonds is 1. The molecule has 0 aliphatic heterocycles. The molecule has 48 valence electrons. The van der Waals surface area contributed by atoms with E-state index in [9.17, 15) is 10.0 Å². The van der Waals surface area contributed by atoms with Crippen LogP contribution in [0.2, 0.25) is 0 Å². The van der Waals surface area contributed by atoms with Crippen molar-refractivity contribution in [2.45, 2.75) is 0 Å². The highest BCUT2D eigenvalue weighted by atomic mass is 16.5. The molecule has 0 atom stereocenters. The number of carbonyl (C=O) groups excluding carboxylic acids is 1. The highest BCUT2D eigenvalue weighted by Gasteiger charge is 1.98. The number of amides is 1. The number of aromatic amines is 1. The summed E-state index contributed by atoms with van der Waals surface area (Å²) < 4.78 is 0. The molecule has 1 aromatic heterocycles. The van der Waals surface area contributed by atoms with Crippen molar-refractivity contribution in [1.29, 1.82) is 0 Å². The van der Waals surface area contributed by atoms with E-state index in [2.05, 4.69) is 10.2 Å². The molecule has 0 aliphatic carbocycles. The van der Waals surface area contributed by atoms with Crippen LogP contribution in [-0.2, 0) is 0 Å². The van der Waals surface area contributed by atoms with E-state index in [0.29, 0.717) is 0 Å². The van der Waals surface area contributed by atoms with E-state index in [1.807, 2.05) is 0 Å². The van der Waals surface area contributed by atoms with Gasteiger partial charge in [0, 0.05) is 6.20 Å². The van der Waals surface area contributed by atoms with Crippen LogP contribution in [0, 0.1) is 5.21 Å². The maximum Gasteiger partial charge on any atom is 0.258 e. The largest absolute Gasteiger partial charge is 0.759 e. The lowest BCUT2D eigenvalue weighted by Crippen LogP contribution is -2.16. The minimum atomic E-state index is -0.701. The second-order valence-corrected chi connectivity index (χ2v) is 1.40. The molecule has 0 aliphatic rings. The first kappa shape index (κ1) is 5.77. The summed E-state index contributed by atoms with van der Waals surface area (Å²) in [6.45, 7) is 0. The number of nitrogens with one attached hydrogen (secondary N) is 2. The highest BCUT2D eigenvalue weighted by Crippen LogP contribution is 1.88. The van der Waals surface area contributed by atoms with Gasteiger partial charge in [-0.15, -0.1) is 0 Å². The maximum atomic E-state index is 10.4. The van der Waals surface area contributed by atoms with Crippen LogP contribution >= 0.6 is 0 Å². The molecule has 0 saturated heterocycles. The van der Waals surface area contributed by atoms with E-state index in [0.717, 1.165) is 0 Å². The van der Waals surface area contributed by atoms with Crippen LogP contribution in [0.25, 0.3) is 0 Å². The van der Waals surface area contributed by atoms with Crippen molar-refractivity contribution >= 4 is 5.91 Å². The number of hydroxylamine groups is 1. The molecule has 1 aromatic rings. The number of hydrogen-bond donors (Lipinski definition) is 2. The van der Waals surface area contributed by atoms with Gasteiger partial charge in [-0.3, -0.25) is 9.89 Å². The second kappa shape index (κ2) is 2.27. The van der Waals surface area contributed by atoms with Crippen LogP contribution in [0.1, 0.15) is 10.5 Å². The first-order valence-corrected chi connectivity index (χ1v) is 2.26. The van der Waals surface area contributed by atoms with Crippen LogP contribution in [0.3, 0.4) is 0 Å². The summed E-state index contributed by atoms with van der Waals surface area (Å²) in [6.07, 6.45) is 1.39. The summed E-state index contributed by atoms with van der Waals surface area (Å²) >= 11 is 0. The van der Waals surface area contributed by atoms with Crippen molar-refractivity contribution in [2.75, 3.05) is 0 Å². The van der Waals surface area contributed by atoms with Crippen molar-refractivity contribution in [2.24, 2.45) is 0 Å². The number of nitrogens with zero attached hydrogens (tertiary/aromatic N) is 1. The third-order valence-electron chi connectivity index (χ3n) is 0.838. The first-order valence-electron chi connectivity index (χ1n) is 2.26. The fourth-order valence-corrected chi connectivity index (χ4v) is 0.437. The molecule has 2 N–H and O–H groups in total. The molecule has 1 amide bonds. The Labute approximate surface area is 50.7 Å². The fraction of sp³-hybridized carbons (Fsp3) is 0. The SMILES string of the molecule is O=C(N[O-])c1ccn[nH]1. The van der Waals surface area contributed by atoms with Crippen molar-refractivity contribution in [1.82, 2.24) is 15.7 Å². The molecular weight excluding hydrogens is 122 g/mol. The van der Waals surface area contributed by atoms with E-state index >= 15 is 0 Å². The van der Waals surface area contributed by atoms with Gasteiger partial charge < -0.3 is 10.7 Å². The predicted octanol–water partition coefficient (Wildman–Crippen LogP) is -0.363. The van der Waals surface area contributed by atoms with Gasteiger partial charge in [-0.2, -0.15) is 5.10 Å². The van der Waals surface area contributed by atoms with Gasteiger partial charge in [0.15, 0.2) is 0 Å². The highest BCUT2D eigenvalue weighted by molar-refractivity contribution is 5.92. The van der Waals surface area contributed by atoms with Gasteiger partial charge in [0.2, 0.25) is 0 Å². The van der Waals surface area contributed by atoms with Crippen LogP contribution in [0.5, 0.6) is 0 Å². The van der Waals surface area contributed by atoms with Crippen molar-refractivity contribution in [3.8, 4) is 0 Å². The van der Waals surface area contributed by atoms with E-state index in [1.54, 1.807) is 0 Å². The predicted molar refractivity (Wildman–Crippen MR) is 29.4 cm³/mol. The Bertz CT molecular complexity index is 194. The average Bonchev–Trinajstić information content (AvgIpc) is 2.37. The van der Waals surface area contributed by atoms with Gasteiger partial charge in [0.25, 0.3) is 5.91 Å². The summed E-state index contributed by atoms with van der Waals surface area (Å²) in [5, 5.41) is 15.5. The van der Waals surface area contributed by atoms with E-state index in [-0.39, 0.29) is 5.69 Å². The van der Waals surface area contributed by atoms with Crippen LogP contribution in [0.4, 0.5) is 0 Å². The van der Waals surface area contributed by atoms with Crippen LogP contribution in [0.15, 0.2) is 12.3 Å². The van der Waals surface area contributed by atoms with Gasteiger partial charge in [-0.05, 0) is 6.07 Å². The molecule has 0 radical (unpaired) electrons. The topological polar surface area (TPSA) is 80.8 Å². The minimum Gasteiger partial charge on any atom is -0.759 e. The second-order valence-electron chi connectivity index (χ2n) is 1.40. The van der Waals surface area contributed by atoms with E-state index in [4.69, 9.17) is 0 Å². The Kier molecular flexibility index (Phi) is 1.46. The number of H-pyrrole nitrogens is 1. The Balaban J connectivity index is 2.77. The molecular formula is C4H4N3O2-. The molecule has 9 heavy (non-hydrogen) atoms. The molecule has 0 aromatic carbocycles. The normalized spacial score (nSPS) is 9.00. The summed E-state index contributed by atoms with van der Waals surface area (Å²) in [5.74, 6) is -0.701. The van der Waals surface area contributed by atoms with Gasteiger partial charge in [-0.1, -0.05) is 0 Å². The van der Waals surface area contributed by atoms with Crippen LogP contribution < -0.4 is 5.48 Å². The maximum absolute atomic E-state index is 10.4. The third kappa shape index (κ3) is 1.06. The molecule has 0 bridgehead atoms. The zero-order chi connectivity index (χ0) is 6.69. The van der Waals surface area contributed by atoms with Crippen molar-refractivity contribution in [3.05, 3.63) is 23.2 Å². The van der Waals surface area contributed by atoms with Gasteiger partial charge >= 0.3 is 0 Å². The molecule has 0 spiro atoms. The van der Waals surface area contributed by atoms with Crippen molar-refractivity contribution < 1.29 is 4.79 Å². The fourth-order valence-electron chi connectivity index (χ4n) is 0.437. The lowest BCUT2D eigenvalue weighted by molar-refractivity contribution is 0.0965. The quantitative estimate of drug-likeness (QED) is 0.504. The third-order valence-corrected chi connectivity index (χ3v) is 0.838. The zero-order valence-electron chi connectivity index (χ0n) is 4.42. The Morgan fingerprint density at radius 3 is 3.11 bits per heavy atom. The number of hydrogen-bond acceptors (Lipinski definition) is 3. The summed E-state index contributed by atoms with van der Waals surface area (Å²) in [4.78, 5) is 10.4. The molecule has 5 nitrogen and oxygen atoms in total. The molecule has 0 saturated carbocycles. The lowest BCUT2D eigenvalue weighted by Gasteiger charge is -2.02. The Morgan fingerprint density at radius 2 is 2.67 bits per heavy atom. The van der Waals surface area contributed by atoms with E-state index < -0.39 is 5.91 Å². The monoisotopic (exact) mass is 126 g/mol. The van der Waals surface area contributed by atoms with Gasteiger partial charge in [-0.25, -0.2) is 0 Å². The standard InChI is InChI=1S/C4H4N3O2/c8-4(7-9)3-1-2-5-6-3/h1-2H,(H2-,5,6,7,8,9)/q-1. The first-order chi connectivity index (χ1) is 4.34. The number of carbonyl (C=O) groups is 1. The molecule has 5 heteroatoms. The number of aromatic nitrogens is 2. The van der Waals surface area contributed by atoms with Gasteiger partial charge in [0.1, 0.15) is 5.69 Å². The summed E-state index contributed by atoms with van der Waals surface area (Å²) in [7, 11) is 0. The Hall–Kier alpha value is -1.36.